The van der Waals surface area contributed by atoms with Crippen LogP contribution >= 0.6 is 0 Å². The first-order chi connectivity index (χ1) is 7.18. The van der Waals surface area contributed by atoms with E-state index >= 15 is 0 Å². The summed E-state index contributed by atoms with van der Waals surface area (Å²) in [7, 11) is 0. The standard InChI is InChI=1S/C13H16F2/c1-9-7-11(14)13(12(15)8-9)10-5-3-2-4-6-10/h7-8,10H,2-6H2,1H3. The maximum Gasteiger partial charge on any atom is 0.129 e. The molecule has 15 heavy (non-hydrogen) atoms. The van der Waals surface area contributed by atoms with E-state index in [1.165, 1.54) is 18.6 Å². The molecule has 1 fully saturated rings. The second-order valence-corrected chi connectivity index (χ2v) is 4.48. The Morgan fingerprint density at radius 3 is 2.07 bits per heavy atom. The largest absolute Gasteiger partial charge is 0.207 e. The molecule has 0 amide bonds. The summed E-state index contributed by atoms with van der Waals surface area (Å²) in [5.74, 6) is -0.627. The van der Waals surface area contributed by atoms with Crippen LogP contribution in [-0.4, -0.2) is 0 Å². The van der Waals surface area contributed by atoms with Crippen LogP contribution in [0.5, 0.6) is 0 Å². The van der Waals surface area contributed by atoms with Crippen LogP contribution in [0.1, 0.15) is 49.1 Å². The van der Waals surface area contributed by atoms with Crippen LogP contribution in [0.2, 0.25) is 0 Å². The van der Waals surface area contributed by atoms with Crippen molar-refractivity contribution >= 4 is 0 Å². The van der Waals surface area contributed by atoms with E-state index in [-0.39, 0.29) is 17.6 Å². The van der Waals surface area contributed by atoms with Crippen LogP contribution in [-0.2, 0) is 0 Å². The fourth-order valence-corrected chi connectivity index (χ4v) is 2.49. The second kappa shape index (κ2) is 4.30. The van der Waals surface area contributed by atoms with E-state index < -0.39 is 0 Å². The molecular formula is C13H16F2. The Labute approximate surface area is 89.3 Å². The van der Waals surface area contributed by atoms with Gasteiger partial charge in [0.2, 0.25) is 0 Å². The fraction of sp³-hybridized carbons (Fsp3) is 0.538. The summed E-state index contributed by atoms with van der Waals surface area (Å²) in [6.45, 7) is 1.72. The molecule has 0 bridgehead atoms. The summed E-state index contributed by atoms with van der Waals surface area (Å²) in [6, 6.07) is 2.88. The van der Waals surface area contributed by atoms with E-state index in [4.69, 9.17) is 0 Å². The van der Waals surface area contributed by atoms with Gasteiger partial charge in [-0.2, -0.15) is 0 Å². The smallest absolute Gasteiger partial charge is 0.129 e. The van der Waals surface area contributed by atoms with Crippen LogP contribution in [0.3, 0.4) is 0 Å². The normalized spacial score (nSPS) is 18.1. The van der Waals surface area contributed by atoms with Gasteiger partial charge in [-0.3, -0.25) is 0 Å². The number of rotatable bonds is 1. The molecule has 1 aliphatic rings. The van der Waals surface area contributed by atoms with Crippen molar-refractivity contribution in [1.82, 2.24) is 0 Å². The Morgan fingerprint density at radius 2 is 1.53 bits per heavy atom. The lowest BCUT2D eigenvalue weighted by Gasteiger charge is -2.23. The van der Waals surface area contributed by atoms with Gasteiger partial charge in [-0.25, -0.2) is 8.78 Å². The Bertz CT molecular complexity index is 329. The van der Waals surface area contributed by atoms with E-state index in [1.54, 1.807) is 6.92 Å². The second-order valence-electron chi connectivity index (χ2n) is 4.48. The van der Waals surface area contributed by atoms with Gasteiger partial charge >= 0.3 is 0 Å². The monoisotopic (exact) mass is 210 g/mol. The molecule has 1 aliphatic carbocycles. The van der Waals surface area contributed by atoms with Crippen molar-refractivity contribution in [2.45, 2.75) is 44.9 Å². The van der Waals surface area contributed by atoms with E-state index in [1.807, 2.05) is 0 Å². The molecule has 0 heterocycles. The average molecular weight is 210 g/mol. The van der Waals surface area contributed by atoms with Crippen LogP contribution in [0.15, 0.2) is 12.1 Å². The molecule has 1 aromatic rings. The molecule has 0 saturated heterocycles. The van der Waals surface area contributed by atoms with Crippen LogP contribution < -0.4 is 0 Å². The minimum Gasteiger partial charge on any atom is -0.207 e. The number of benzene rings is 1. The van der Waals surface area contributed by atoms with Gasteiger partial charge in [0.25, 0.3) is 0 Å². The van der Waals surface area contributed by atoms with Crippen molar-refractivity contribution in [1.29, 1.82) is 0 Å². The third-order valence-corrected chi connectivity index (χ3v) is 3.24. The number of hydrogen-bond donors (Lipinski definition) is 0. The van der Waals surface area contributed by atoms with Crippen LogP contribution in [0.25, 0.3) is 0 Å². The quantitative estimate of drug-likeness (QED) is 0.647. The summed E-state index contributed by atoms with van der Waals surface area (Å²) < 4.78 is 27.3. The lowest BCUT2D eigenvalue weighted by Crippen LogP contribution is -2.09. The Balaban J connectivity index is 2.33. The molecule has 0 unspecified atom stereocenters. The van der Waals surface area contributed by atoms with Crippen LogP contribution in [0.4, 0.5) is 8.78 Å². The highest BCUT2D eigenvalue weighted by Crippen LogP contribution is 2.35. The third-order valence-electron chi connectivity index (χ3n) is 3.24. The Morgan fingerprint density at radius 1 is 1.00 bits per heavy atom. The van der Waals surface area contributed by atoms with Gasteiger partial charge in [0.15, 0.2) is 0 Å². The van der Waals surface area contributed by atoms with Crippen molar-refractivity contribution < 1.29 is 8.78 Å². The molecule has 0 N–H and O–H groups in total. The van der Waals surface area contributed by atoms with Gasteiger partial charge in [-0.1, -0.05) is 19.3 Å². The van der Waals surface area contributed by atoms with Crippen molar-refractivity contribution in [3.05, 3.63) is 34.9 Å². The molecule has 2 rings (SSSR count). The highest BCUT2D eigenvalue weighted by Gasteiger charge is 2.22. The average Bonchev–Trinajstić information content (AvgIpc) is 2.17. The number of aryl methyl sites for hydroxylation is 1. The molecule has 2 heteroatoms. The highest BCUT2D eigenvalue weighted by atomic mass is 19.1. The minimum atomic E-state index is -0.362. The van der Waals surface area contributed by atoms with Crippen LogP contribution in [0, 0.1) is 18.6 Å². The molecule has 0 aromatic heterocycles. The topological polar surface area (TPSA) is 0 Å². The highest BCUT2D eigenvalue weighted by molar-refractivity contribution is 5.28. The van der Waals surface area contributed by atoms with Crippen molar-refractivity contribution in [2.24, 2.45) is 0 Å². The number of hydrogen-bond acceptors (Lipinski definition) is 0. The SMILES string of the molecule is Cc1cc(F)c(C2CCCCC2)c(F)c1. The zero-order valence-electron chi connectivity index (χ0n) is 9.02. The molecule has 82 valence electrons. The summed E-state index contributed by atoms with van der Waals surface area (Å²) in [6.07, 6.45) is 5.24. The van der Waals surface area contributed by atoms with Crippen molar-refractivity contribution in [3.8, 4) is 0 Å². The number of halogens is 2. The van der Waals surface area contributed by atoms with E-state index in [9.17, 15) is 8.78 Å². The van der Waals surface area contributed by atoms with Gasteiger partial charge in [0.05, 0.1) is 0 Å². The van der Waals surface area contributed by atoms with Crippen molar-refractivity contribution in [3.63, 3.8) is 0 Å². The predicted octanol–water partition coefficient (Wildman–Crippen LogP) is 4.32. The maximum atomic E-state index is 13.7. The zero-order chi connectivity index (χ0) is 10.8. The molecule has 1 saturated carbocycles. The lowest BCUT2D eigenvalue weighted by molar-refractivity contribution is 0.412. The van der Waals surface area contributed by atoms with Gasteiger partial charge < -0.3 is 0 Å². The molecule has 1 aromatic carbocycles. The first kappa shape index (κ1) is 10.6. The zero-order valence-corrected chi connectivity index (χ0v) is 9.02. The molecule has 0 radical (unpaired) electrons. The molecular weight excluding hydrogens is 194 g/mol. The predicted molar refractivity (Wildman–Crippen MR) is 56.9 cm³/mol. The van der Waals surface area contributed by atoms with E-state index in [2.05, 4.69) is 0 Å². The molecule has 0 atom stereocenters. The van der Waals surface area contributed by atoms with Gasteiger partial charge in [-0.15, -0.1) is 0 Å². The third kappa shape index (κ3) is 2.19. The Hall–Kier alpha value is -0.920. The van der Waals surface area contributed by atoms with Crippen molar-refractivity contribution in [2.75, 3.05) is 0 Å². The minimum absolute atomic E-state index is 0.0966. The lowest BCUT2D eigenvalue weighted by atomic mass is 9.83. The fourth-order valence-electron chi connectivity index (χ4n) is 2.49. The van der Waals surface area contributed by atoms with Gasteiger partial charge in [0, 0.05) is 5.56 Å². The maximum absolute atomic E-state index is 13.7. The summed E-state index contributed by atoms with van der Waals surface area (Å²) in [4.78, 5) is 0. The van der Waals surface area contributed by atoms with Gasteiger partial charge in [0.1, 0.15) is 11.6 Å². The molecule has 0 spiro atoms. The first-order valence-electron chi connectivity index (χ1n) is 5.64. The summed E-state index contributed by atoms with van der Waals surface area (Å²) in [5, 5.41) is 0. The first-order valence-corrected chi connectivity index (χ1v) is 5.64. The van der Waals surface area contributed by atoms with E-state index in [0.29, 0.717) is 11.1 Å². The summed E-state index contributed by atoms with van der Waals surface area (Å²) >= 11 is 0. The van der Waals surface area contributed by atoms with E-state index in [0.717, 1.165) is 25.7 Å². The molecule has 0 aliphatic heterocycles. The summed E-state index contributed by atoms with van der Waals surface area (Å²) in [5.41, 5.74) is 0.977. The Kier molecular flexibility index (Phi) is 3.03. The molecule has 0 nitrogen and oxygen atoms in total. The van der Waals surface area contributed by atoms with Gasteiger partial charge in [-0.05, 0) is 43.4 Å².